The number of anilines is 1. The zero-order valence-corrected chi connectivity index (χ0v) is 21.3. The van der Waals surface area contributed by atoms with Crippen molar-refractivity contribution in [3.05, 3.63) is 75.6 Å². The Balaban J connectivity index is 1.77. The average Bonchev–Trinajstić information content (AvgIpc) is 3.26. The van der Waals surface area contributed by atoms with Gasteiger partial charge in [-0.3, -0.25) is 10.1 Å². The molecule has 0 aliphatic rings. The predicted molar refractivity (Wildman–Crippen MR) is 134 cm³/mol. The summed E-state index contributed by atoms with van der Waals surface area (Å²) in [5.74, 6) is -5.86. The number of aromatic nitrogens is 1. The monoisotopic (exact) mass is 534 g/mol. The largest absolute Gasteiger partial charge is 0.490 e. The summed E-state index contributed by atoms with van der Waals surface area (Å²) in [7, 11) is 1.04. The van der Waals surface area contributed by atoms with Gasteiger partial charge in [-0.05, 0) is 23.6 Å². The van der Waals surface area contributed by atoms with E-state index in [-0.39, 0.29) is 34.0 Å². The first-order valence-corrected chi connectivity index (χ1v) is 11.9. The highest BCUT2D eigenvalue weighted by Gasteiger charge is 2.19. The number of aliphatic carboxylic acids is 1. The molecule has 196 valence electrons. The lowest BCUT2D eigenvalue weighted by atomic mass is 9.99. The third-order valence-corrected chi connectivity index (χ3v) is 5.68. The van der Waals surface area contributed by atoms with E-state index in [1.54, 1.807) is 23.6 Å². The predicted octanol–water partition coefficient (Wildman–Crippen LogP) is 6.11. The maximum atomic E-state index is 15.1. The van der Waals surface area contributed by atoms with Gasteiger partial charge in [0.2, 0.25) is 5.76 Å². The molecule has 1 aromatic heterocycles. The lowest BCUT2D eigenvalue weighted by Crippen LogP contribution is -2.14. The molecular formula is C26H25F3N2O5S. The Morgan fingerprint density at radius 3 is 2.43 bits per heavy atom. The number of carboxylic acid groups (broad SMARTS) is 1. The van der Waals surface area contributed by atoms with E-state index >= 15 is 4.39 Å². The van der Waals surface area contributed by atoms with Gasteiger partial charge < -0.3 is 14.6 Å². The van der Waals surface area contributed by atoms with Crippen molar-refractivity contribution in [1.82, 2.24) is 4.98 Å². The van der Waals surface area contributed by atoms with Crippen LogP contribution in [0.15, 0.2) is 41.5 Å². The standard InChI is InChI=1S/C26H25F3N2O5S/c1-26(2,3)13-36-11-14-6-5-7-16(22(14)29)20-12-37-25(30-20)31-23(32)15-8-18(27)17(19(28)9-15)10-21(35-4)24(33)34/h5-10,12H,11,13H2,1-4H3,(H,33,34)(H,30,31,32)/b21-10+. The Hall–Kier alpha value is -3.70. The minimum Gasteiger partial charge on any atom is -0.490 e. The van der Waals surface area contributed by atoms with Crippen LogP contribution in [-0.2, 0) is 20.9 Å². The quantitative estimate of drug-likeness (QED) is 0.254. The summed E-state index contributed by atoms with van der Waals surface area (Å²) < 4.78 is 54.2. The van der Waals surface area contributed by atoms with Crippen LogP contribution in [0.5, 0.6) is 0 Å². The van der Waals surface area contributed by atoms with Crippen LogP contribution in [0.4, 0.5) is 18.3 Å². The molecular weight excluding hydrogens is 509 g/mol. The number of nitrogens with zero attached hydrogens (tertiary/aromatic N) is 1. The number of amides is 1. The second-order valence-corrected chi connectivity index (χ2v) is 10.1. The molecule has 37 heavy (non-hydrogen) atoms. The molecule has 3 aromatic rings. The van der Waals surface area contributed by atoms with Gasteiger partial charge in [-0.2, -0.15) is 0 Å². The molecule has 0 aliphatic heterocycles. The van der Waals surface area contributed by atoms with Crippen molar-refractivity contribution in [3.8, 4) is 11.3 Å². The van der Waals surface area contributed by atoms with Crippen molar-refractivity contribution in [2.45, 2.75) is 27.4 Å². The highest BCUT2D eigenvalue weighted by atomic mass is 32.1. The number of ether oxygens (including phenoxy) is 2. The van der Waals surface area contributed by atoms with Crippen LogP contribution in [-0.4, -0.2) is 35.7 Å². The molecule has 0 radical (unpaired) electrons. The van der Waals surface area contributed by atoms with Crippen molar-refractivity contribution >= 4 is 34.4 Å². The van der Waals surface area contributed by atoms with E-state index in [1.807, 2.05) is 20.8 Å². The number of nitrogens with one attached hydrogen (secondary N) is 1. The molecule has 2 N–H and O–H groups in total. The highest BCUT2D eigenvalue weighted by molar-refractivity contribution is 7.14. The Labute approximate surface area is 215 Å². The van der Waals surface area contributed by atoms with Crippen LogP contribution in [0.3, 0.4) is 0 Å². The van der Waals surface area contributed by atoms with Gasteiger partial charge in [0, 0.05) is 33.7 Å². The number of methoxy groups -OCH3 is 1. The fraction of sp³-hybridized carbons (Fsp3) is 0.269. The molecule has 7 nitrogen and oxygen atoms in total. The topological polar surface area (TPSA) is 97.8 Å². The molecule has 1 heterocycles. The zero-order valence-electron chi connectivity index (χ0n) is 20.5. The maximum Gasteiger partial charge on any atom is 0.371 e. The SMILES string of the molecule is CO/C(=C/c1c(F)cc(C(=O)Nc2nc(-c3cccc(COCC(C)(C)C)c3F)cs2)cc1F)C(=O)O. The van der Waals surface area contributed by atoms with Gasteiger partial charge in [0.05, 0.1) is 26.0 Å². The van der Waals surface area contributed by atoms with E-state index in [1.165, 1.54) is 0 Å². The van der Waals surface area contributed by atoms with Crippen LogP contribution in [0.1, 0.15) is 42.3 Å². The molecule has 0 unspecified atom stereocenters. The van der Waals surface area contributed by atoms with Crippen LogP contribution in [0, 0.1) is 22.9 Å². The minimum atomic E-state index is -1.51. The number of rotatable bonds is 9. The van der Waals surface area contributed by atoms with E-state index in [0.717, 1.165) is 30.6 Å². The molecule has 0 aliphatic carbocycles. The number of halogens is 3. The fourth-order valence-electron chi connectivity index (χ4n) is 3.17. The fourth-order valence-corrected chi connectivity index (χ4v) is 3.88. The third kappa shape index (κ3) is 7.17. The summed E-state index contributed by atoms with van der Waals surface area (Å²) in [4.78, 5) is 27.8. The molecule has 0 saturated heterocycles. The Bertz CT molecular complexity index is 1330. The van der Waals surface area contributed by atoms with E-state index < -0.39 is 40.7 Å². The normalized spacial score (nSPS) is 11.9. The van der Waals surface area contributed by atoms with E-state index in [2.05, 4.69) is 15.0 Å². The lowest BCUT2D eigenvalue weighted by molar-refractivity contribution is -0.135. The van der Waals surface area contributed by atoms with Crippen LogP contribution in [0.2, 0.25) is 0 Å². The molecule has 11 heteroatoms. The smallest absolute Gasteiger partial charge is 0.371 e. The first kappa shape index (κ1) is 27.9. The number of hydrogen-bond acceptors (Lipinski definition) is 6. The number of carbonyl (C=O) groups excluding carboxylic acids is 1. The summed E-state index contributed by atoms with van der Waals surface area (Å²) in [6.45, 7) is 6.57. The van der Waals surface area contributed by atoms with Crippen molar-refractivity contribution in [3.63, 3.8) is 0 Å². The van der Waals surface area contributed by atoms with E-state index in [0.29, 0.717) is 18.2 Å². The van der Waals surface area contributed by atoms with Crippen LogP contribution in [0.25, 0.3) is 17.3 Å². The van der Waals surface area contributed by atoms with Gasteiger partial charge in [-0.15, -0.1) is 11.3 Å². The number of thiazole rings is 1. The summed E-state index contributed by atoms with van der Waals surface area (Å²) >= 11 is 1.01. The zero-order chi connectivity index (χ0) is 27.3. The minimum absolute atomic E-state index is 0.0652. The second-order valence-electron chi connectivity index (χ2n) is 9.20. The van der Waals surface area contributed by atoms with Crippen molar-refractivity contribution in [1.29, 1.82) is 0 Å². The van der Waals surface area contributed by atoms with Crippen molar-refractivity contribution < 1.29 is 37.3 Å². The molecule has 3 rings (SSSR count). The van der Waals surface area contributed by atoms with Crippen molar-refractivity contribution in [2.24, 2.45) is 5.41 Å². The molecule has 0 saturated carbocycles. The van der Waals surface area contributed by atoms with Gasteiger partial charge in [0.15, 0.2) is 5.13 Å². The molecule has 2 aromatic carbocycles. The highest BCUT2D eigenvalue weighted by Crippen LogP contribution is 2.29. The number of carbonyl (C=O) groups is 2. The van der Waals surface area contributed by atoms with Gasteiger partial charge in [-0.25, -0.2) is 22.9 Å². The molecule has 0 bridgehead atoms. The Morgan fingerprint density at radius 2 is 1.84 bits per heavy atom. The molecule has 0 spiro atoms. The van der Waals surface area contributed by atoms with Crippen LogP contribution < -0.4 is 5.32 Å². The maximum absolute atomic E-state index is 15.1. The Morgan fingerprint density at radius 1 is 1.16 bits per heavy atom. The molecule has 0 atom stereocenters. The van der Waals surface area contributed by atoms with Gasteiger partial charge in [0.1, 0.15) is 17.5 Å². The van der Waals surface area contributed by atoms with Crippen LogP contribution >= 0.6 is 11.3 Å². The van der Waals surface area contributed by atoms with Gasteiger partial charge in [-0.1, -0.05) is 32.9 Å². The Kier molecular flexibility index (Phi) is 8.72. The number of carboxylic acids is 1. The van der Waals surface area contributed by atoms with Gasteiger partial charge >= 0.3 is 5.97 Å². The lowest BCUT2D eigenvalue weighted by Gasteiger charge is -2.18. The average molecular weight is 535 g/mol. The third-order valence-electron chi connectivity index (χ3n) is 4.92. The first-order chi connectivity index (χ1) is 17.4. The van der Waals surface area contributed by atoms with Gasteiger partial charge in [0.25, 0.3) is 5.91 Å². The number of benzene rings is 2. The molecule has 0 fully saturated rings. The van der Waals surface area contributed by atoms with Crippen molar-refractivity contribution in [2.75, 3.05) is 19.0 Å². The summed E-state index contributed by atoms with van der Waals surface area (Å²) in [6.07, 6.45) is 0.679. The summed E-state index contributed by atoms with van der Waals surface area (Å²) in [5, 5.41) is 13.0. The van der Waals surface area contributed by atoms with E-state index in [4.69, 9.17) is 9.84 Å². The second kappa shape index (κ2) is 11.6. The van der Waals surface area contributed by atoms with E-state index in [9.17, 15) is 18.4 Å². The molecule has 1 amide bonds. The summed E-state index contributed by atoms with van der Waals surface area (Å²) in [5.41, 5.74) is -0.246. The summed E-state index contributed by atoms with van der Waals surface area (Å²) in [6, 6.07) is 6.35. The number of hydrogen-bond donors (Lipinski definition) is 2. The first-order valence-electron chi connectivity index (χ1n) is 11.0.